The van der Waals surface area contributed by atoms with Crippen LogP contribution in [0, 0.1) is 17.3 Å². The maximum Gasteiger partial charge on any atom is 0.0325 e. The molecule has 0 heterocycles. The number of rotatable bonds is 2. The minimum Gasteiger partial charge on any atom is -0.0667 e. The standard InChI is InChI=1S/C20H28/c1-13(2)16-12-19(5)17-10-8-7-9-15(17)11-20(19,6)18(16)14(3)4/h7-10,13-14H,11-12H2,1-6H3/t19-,20-/m1/s1/i11D2. The van der Waals surface area contributed by atoms with Crippen LogP contribution in [0.4, 0.5) is 0 Å². The number of hydrogen-bond acceptors (Lipinski definition) is 0. The molecule has 0 bridgehead atoms. The van der Waals surface area contributed by atoms with Gasteiger partial charge in [-0.05, 0) is 35.8 Å². The smallest absolute Gasteiger partial charge is 0.0325 e. The molecule has 2 aliphatic rings. The zero-order valence-electron chi connectivity index (χ0n) is 15.7. The van der Waals surface area contributed by atoms with Gasteiger partial charge in [0, 0.05) is 13.6 Å². The van der Waals surface area contributed by atoms with Crippen LogP contribution in [-0.2, 0) is 11.8 Å². The third kappa shape index (κ3) is 1.54. The molecule has 0 unspecified atom stereocenters. The Morgan fingerprint density at radius 2 is 1.65 bits per heavy atom. The Morgan fingerprint density at radius 1 is 1.00 bits per heavy atom. The molecule has 0 aliphatic heterocycles. The van der Waals surface area contributed by atoms with Gasteiger partial charge < -0.3 is 0 Å². The average Bonchev–Trinajstić information content (AvgIpc) is 2.76. The lowest BCUT2D eigenvalue weighted by Gasteiger charge is -2.39. The topological polar surface area (TPSA) is 0 Å². The Morgan fingerprint density at radius 3 is 2.25 bits per heavy atom. The Labute approximate surface area is 127 Å². The molecule has 0 amide bonds. The van der Waals surface area contributed by atoms with Crippen molar-refractivity contribution in [3.63, 3.8) is 0 Å². The van der Waals surface area contributed by atoms with Gasteiger partial charge in [-0.1, -0.05) is 77.0 Å². The first-order valence-electron chi connectivity index (χ1n) is 8.92. The van der Waals surface area contributed by atoms with Crippen LogP contribution in [0.2, 0.25) is 0 Å². The van der Waals surface area contributed by atoms with Gasteiger partial charge in [-0.15, -0.1) is 0 Å². The molecule has 1 aromatic carbocycles. The molecule has 0 spiro atoms. The second-order valence-electron chi connectivity index (χ2n) is 7.55. The molecule has 0 nitrogen and oxygen atoms in total. The number of benzene rings is 1. The summed E-state index contributed by atoms with van der Waals surface area (Å²) >= 11 is 0. The van der Waals surface area contributed by atoms with Gasteiger partial charge in [0.05, 0.1) is 0 Å². The van der Waals surface area contributed by atoms with Gasteiger partial charge in [0.2, 0.25) is 0 Å². The summed E-state index contributed by atoms with van der Waals surface area (Å²) in [7, 11) is 0. The summed E-state index contributed by atoms with van der Waals surface area (Å²) in [5, 5.41) is 0. The van der Waals surface area contributed by atoms with Crippen LogP contribution in [-0.4, -0.2) is 0 Å². The zero-order chi connectivity index (χ0) is 16.5. The first kappa shape index (κ1) is 11.6. The lowest BCUT2D eigenvalue weighted by molar-refractivity contribution is 0.239. The van der Waals surface area contributed by atoms with E-state index < -0.39 is 11.8 Å². The maximum atomic E-state index is 9.00. The quantitative estimate of drug-likeness (QED) is 0.621. The fourth-order valence-corrected chi connectivity index (χ4v) is 4.65. The largest absolute Gasteiger partial charge is 0.0667 e. The second-order valence-corrected chi connectivity index (χ2v) is 7.55. The molecule has 2 atom stereocenters. The van der Waals surface area contributed by atoms with Gasteiger partial charge in [0.25, 0.3) is 0 Å². The molecule has 0 heteroatoms. The second kappa shape index (κ2) is 4.23. The predicted octanol–water partition coefficient (Wildman–Crippen LogP) is 5.52. The molecule has 108 valence electrons. The van der Waals surface area contributed by atoms with Crippen LogP contribution >= 0.6 is 0 Å². The molecule has 20 heavy (non-hydrogen) atoms. The molecule has 0 saturated carbocycles. The Bertz CT molecular complexity index is 653. The van der Waals surface area contributed by atoms with E-state index in [1.807, 2.05) is 12.1 Å². The molecular weight excluding hydrogens is 240 g/mol. The fraction of sp³-hybridized carbons (Fsp3) is 0.600. The monoisotopic (exact) mass is 270 g/mol. The van der Waals surface area contributed by atoms with E-state index in [0.29, 0.717) is 11.8 Å². The maximum absolute atomic E-state index is 9.00. The van der Waals surface area contributed by atoms with Crippen LogP contribution in [0.3, 0.4) is 0 Å². The summed E-state index contributed by atoms with van der Waals surface area (Å²) in [6.07, 6.45) is -0.320. The Kier molecular flexibility index (Phi) is 2.45. The summed E-state index contributed by atoms with van der Waals surface area (Å²) in [4.78, 5) is 0. The number of hydrogen-bond donors (Lipinski definition) is 0. The first-order chi connectivity index (χ1) is 10.1. The molecular formula is C20H28. The van der Waals surface area contributed by atoms with Gasteiger partial charge in [-0.25, -0.2) is 0 Å². The summed E-state index contributed by atoms with van der Waals surface area (Å²) in [5.41, 5.74) is 4.39. The third-order valence-electron chi connectivity index (χ3n) is 5.71. The van der Waals surface area contributed by atoms with E-state index in [1.54, 1.807) is 0 Å². The van der Waals surface area contributed by atoms with Gasteiger partial charge in [0.15, 0.2) is 0 Å². The third-order valence-corrected chi connectivity index (χ3v) is 5.71. The Hall–Kier alpha value is -1.04. The van der Waals surface area contributed by atoms with Crippen molar-refractivity contribution in [1.82, 2.24) is 0 Å². The van der Waals surface area contributed by atoms with Crippen LogP contribution in [0.25, 0.3) is 0 Å². The van der Waals surface area contributed by atoms with Gasteiger partial charge in [-0.2, -0.15) is 0 Å². The van der Waals surface area contributed by atoms with Crippen molar-refractivity contribution in [2.24, 2.45) is 17.3 Å². The van der Waals surface area contributed by atoms with Crippen LogP contribution in [0.5, 0.6) is 0 Å². The van der Waals surface area contributed by atoms with E-state index in [1.165, 1.54) is 16.7 Å². The molecule has 0 fully saturated rings. The molecule has 2 aliphatic carbocycles. The fourth-order valence-electron chi connectivity index (χ4n) is 4.65. The van der Waals surface area contributed by atoms with Gasteiger partial charge in [0.1, 0.15) is 0 Å². The predicted molar refractivity (Wildman–Crippen MR) is 86.9 cm³/mol. The SMILES string of the molecule is [2H]C1([2H])c2ccccc2[C@@]2(C)CC(C(C)C)=C(C(C)C)[C@@]12C. The van der Waals surface area contributed by atoms with Crippen molar-refractivity contribution in [2.75, 3.05) is 0 Å². The number of fused-ring (bicyclic) bond motifs is 3. The van der Waals surface area contributed by atoms with E-state index in [-0.39, 0.29) is 5.41 Å². The highest BCUT2D eigenvalue weighted by molar-refractivity contribution is 5.53. The van der Waals surface area contributed by atoms with Crippen molar-refractivity contribution in [2.45, 2.75) is 59.8 Å². The lowest BCUT2D eigenvalue weighted by atomic mass is 9.64. The summed E-state index contributed by atoms with van der Waals surface area (Å²) in [5.74, 6) is 0.869. The normalized spacial score (nSPS) is 36.2. The van der Waals surface area contributed by atoms with E-state index in [9.17, 15) is 0 Å². The van der Waals surface area contributed by atoms with Crippen molar-refractivity contribution in [3.05, 3.63) is 46.5 Å². The van der Waals surface area contributed by atoms with Crippen LogP contribution < -0.4 is 0 Å². The zero-order valence-corrected chi connectivity index (χ0v) is 13.7. The molecule has 0 saturated heterocycles. The average molecular weight is 270 g/mol. The van der Waals surface area contributed by atoms with Gasteiger partial charge in [-0.3, -0.25) is 0 Å². The van der Waals surface area contributed by atoms with E-state index in [4.69, 9.17) is 2.74 Å². The van der Waals surface area contributed by atoms with Crippen molar-refractivity contribution in [1.29, 1.82) is 0 Å². The number of allylic oxidation sites excluding steroid dienone is 2. The molecule has 0 radical (unpaired) electrons. The minimum absolute atomic E-state index is 0.133. The highest BCUT2D eigenvalue weighted by atomic mass is 14.6. The van der Waals surface area contributed by atoms with Crippen molar-refractivity contribution in [3.8, 4) is 0 Å². The molecule has 1 aromatic rings. The summed E-state index contributed by atoms with van der Waals surface area (Å²) in [6.45, 7) is 13.4. The Balaban J connectivity index is 2.35. The summed E-state index contributed by atoms with van der Waals surface area (Å²) < 4.78 is 18.0. The highest BCUT2D eigenvalue weighted by Gasteiger charge is 2.58. The highest BCUT2D eigenvalue weighted by Crippen LogP contribution is 2.65. The molecule has 0 N–H and O–H groups in total. The minimum atomic E-state index is -1.31. The molecule has 3 rings (SSSR count). The van der Waals surface area contributed by atoms with Crippen molar-refractivity contribution < 1.29 is 2.74 Å². The van der Waals surface area contributed by atoms with Crippen molar-refractivity contribution >= 4 is 0 Å². The van der Waals surface area contributed by atoms with Crippen LogP contribution in [0.15, 0.2) is 35.4 Å². The molecule has 0 aromatic heterocycles. The van der Waals surface area contributed by atoms with E-state index in [0.717, 1.165) is 12.0 Å². The van der Waals surface area contributed by atoms with Crippen LogP contribution in [0.1, 0.15) is 61.8 Å². The lowest BCUT2D eigenvalue weighted by Crippen LogP contribution is -2.36. The first-order valence-corrected chi connectivity index (χ1v) is 7.92. The van der Waals surface area contributed by atoms with E-state index >= 15 is 0 Å². The summed E-state index contributed by atoms with van der Waals surface area (Å²) in [6, 6.07) is 8.19. The van der Waals surface area contributed by atoms with E-state index in [2.05, 4.69) is 53.7 Å². The van der Waals surface area contributed by atoms with Gasteiger partial charge >= 0.3 is 0 Å².